The van der Waals surface area contributed by atoms with Gasteiger partial charge in [-0.25, -0.2) is 4.39 Å². The van der Waals surface area contributed by atoms with Crippen LogP contribution in [0.25, 0.3) is 0 Å². The zero-order chi connectivity index (χ0) is 11.7. The van der Waals surface area contributed by atoms with Crippen molar-refractivity contribution in [1.29, 1.82) is 0 Å². The third-order valence-electron chi connectivity index (χ3n) is 2.38. The Morgan fingerprint density at radius 1 is 1.50 bits per heavy atom. The van der Waals surface area contributed by atoms with Crippen molar-refractivity contribution in [3.63, 3.8) is 0 Å². The maximum Gasteiger partial charge on any atom is 0.142 e. The highest BCUT2D eigenvalue weighted by molar-refractivity contribution is 9.10. The summed E-state index contributed by atoms with van der Waals surface area (Å²) in [5, 5.41) is 7.49. The molecule has 2 N–H and O–H groups in total. The lowest BCUT2D eigenvalue weighted by molar-refractivity contribution is 0.579. The monoisotopic (exact) mass is 284 g/mol. The van der Waals surface area contributed by atoms with Gasteiger partial charge in [-0.3, -0.25) is 4.68 Å². The van der Waals surface area contributed by atoms with Crippen molar-refractivity contribution in [1.82, 2.24) is 15.0 Å². The van der Waals surface area contributed by atoms with Gasteiger partial charge in [0.1, 0.15) is 5.82 Å². The van der Waals surface area contributed by atoms with Crippen LogP contribution in [0.5, 0.6) is 0 Å². The standard InChI is InChI=1S/C10H10BrFN4/c1-16-8(5-14-15-16)10(13)6-3-2-4-7(11)9(6)12/h2-5,10H,13H2,1H3. The molecule has 84 valence electrons. The number of aryl methyl sites for hydroxylation is 1. The van der Waals surface area contributed by atoms with Gasteiger partial charge in [0.2, 0.25) is 0 Å². The van der Waals surface area contributed by atoms with Gasteiger partial charge < -0.3 is 5.73 Å². The molecule has 0 saturated carbocycles. The first kappa shape index (κ1) is 11.2. The minimum Gasteiger partial charge on any atom is -0.319 e. The molecule has 1 aromatic carbocycles. The number of benzene rings is 1. The van der Waals surface area contributed by atoms with E-state index in [0.29, 0.717) is 15.7 Å². The summed E-state index contributed by atoms with van der Waals surface area (Å²) >= 11 is 3.13. The molecule has 6 heteroatoms. The summed E-state index contributed by atoms with van der Waals surface area (Å²) in [4.78, 5) is 0. The first-order valence-electron chi connectivity index (χ1n) is 4.65. The molecule has 0 bridgehead atoms. The van der Waals surface area contributed by atoms with Gasteiger partial charge in [0.25, 0.3) is 0 Å². The molecule has 2 rings (SSSR count). The Hall–Kier alpha value is -1.27. The summed E-state index contributed by atoms with van der Waals surface area (Å²) in [7, 11) is 1.72. The average Bonchev–Trinajstić information content (AvgIpc) is 2.68. The summed E-state index contributed by atoms with van der Waals surface area (Å²) in [5.41, 5.74) is 7.05. The average molecular weight is 285 g/mol. The van der Waals surface area contributed by atoms with Gasteiger partial charge in [0.05, 0.1) is 22.4 Å². The Bertz CT molecular complexity index is 511. The SMILES string of the molecule is Cn1nncc1C(N)c1cccc(Br)c1F. The maximum absolute atomic E-state index is 13.8. The normalized spacial score (nSPS) is 12.8. The van der Waals surface area contributed by atoms with E-state index in [1.165, 1.54) is 10.9 Å². The van der Waals surface area contributed by atoms with Crippen molar-refractivity contribution in [2.75, 3.05) is 0 Å². The van der Waals surface area contributed by atoms with E-state index in [4.69, 9.17) is 5.73 Å². The quantitative estimate of drug-likeness (QED) is 0.914. The van der Waals surface area contributed by atoms with E-state index in [-0.39, 0.29) is 5.82 Å². The fraction of sp³-hybridized carbons (Fsp3) is 0.200. The van der Waals surface area contributed by atoms with E-state index in [1.54, 1.807) is 25.2 Å². The molecule has 0 aliphatic carbocycles. The highest BCUT2D eigenvalue weighted by atomic mass is 79.9. The van der Waals surface area contributed by atoms with Crippen LogP contribution in [0.15, 0.2) is 28.9 Å². The van der Waals surface area contributed by atoms with E-state index in [0.717, 1.165) is 0 Å². The van der Waals surface area contributed by atoms with Crippen LogP contribution in [-0.4, -0.2) is 15.0 Å². The Kier molecular flexibility index (Phi) is 3.02. The molecular formula is C10H10BrFN4. The molecule has 0 aliphatic rings. The zero-order valence-electron chi connectivity index (χ0n) is 8.56. The van der Waals surface area contributed by atoms with E-state index in [9.17, 15) is 4.39 Å². The first-order valence-corrected chi connectivity index (χ1v) is 5.44. The number of nitrogens with zero attached hydrogens (tertiary/aromatic N) is 3. The number of aromatic nitrogens is 3. The van der Waals surface area contributed by atoms with Gasteiger partial charge in [-0.15, -0.1) is 5.10 Å². The predicted molar refractivity (Wildman–Crippen MR) is 61.1 cm³/mol. The molecule has 0 saturated heterocycles. The van der Waals surface area contributed by atoms with Crippen molar-refractivity contribution in [2.24, 2.45) is 12.8 Å². The number of hydrogen-bond donors (Lipinski definition) is 1. The molecule has 2 aromatic rings. The number of halogens is 2. The van der Waals surface area contributed by atoms with Crippen molar-refractivity contribution in [2.45, 2.75) is 6.04 Å². The summed E-state index contributed by atoms with van der Waals surface area (Å²) in [6, 6.07) is 4.45. The second kappa shape index (κ2) is 4.31. The Morgan fingerprint density at radius 2 is 2.25 bits per heavy atom. The molecule has 1 unspecified atom stereocenters. The van der Waals surface area contributed by atoms with E-state index in [2.05, 4.69) is 26.2 Å². The summed E-state index contributed by atoms with van der Waals surface area (Å²) in [6.07, 6.45) is 1.53. The molecule has 1 aromatic heterocycles. The summed E-state index contributed by atoms with van der Waals surface area (Å²) in [5.74, 6) is -0.351. The molecule has 16 heavy (non-hydrogen) atoms. The second-order valence-corrected chi connectivity index (χ2v) is 4.26. The van der Waals surface area contributed by atoms with Gasteiger partial charge in [0, 0.05) is 12.6 Å². The van der Waals surface area contributed by atoms with Crippen molar-refractivity contribution < 1.29 is 4.39 Å². The van der Waals surface area contributed by atoms with Crippen molar-refractivity contribution in [3.05, 3.63) is 45.9 Å². The lowest BCUT2D eigenvalue weighted by Crippen LogP contribution is -2.17. The number of hydrogen-bond acceptors (Lipinski definition) is 3. The van der Waals surface area contributed by atoms with Gasteiger partial charge in [-0.05, 0) is 22.0 Å². The van der Waals surface area contributed by atoms with Gasteiger partial charge in [-0.2, -0.15) is 0 Å². The number of rotatable bonds is 2. The molecule has 0 spiro atoms. The molecule has 1 heterocycles. The second-order valence-electron chi connectivity index (χ2n) is 3.40. The minimum absolute atomic E-state index is 0.351. The fourth-order valence-electron chi connectivity index (χ4n) is 1.50. The Labute approximate surface area is 100 Å². The van der Waals surface area contributed by atoms with Crippen molar-refractivity contribution in [3.8, 4) is 0 Å². The number of nitrogens with two attached hydrogens (primary N) is 1. The van der Waals surface area contributed by atoms with Gasteiger partial charge in [0.15, 0.2) is 0 Å². The maximum atomic E-state index is 13.8. The zero-order valence-corrected chi connectivity index (χ0v) is 10.1. The molecule has 0 amide bonds. The van der Waals surface area contributed by atoms with E-state index in [1.807, 2.05) is 0 Å². The molecule has 0 fully saturated rings. The minimum atomic E-state index is -0.572. The molecule has 4 nitrogen and oxygen atoms in total. The third-order valence-corrected chi connectivity index (χ3v) is 3.00. The van der Waals surface area contributed by atoms with Gasteiger partial charge >= 0.3 is 0 Å². The van der Waals surface area contributed by atoms with E-state index < -0.39 is 6.04 Å². The van der Waals surface area contributed by atoms with Crippen LogP contribution in [0.1, 0.15) is 17.3 Å². The molecular weight excluding hydrogens is 275 g/mol. The molecule has 0 aliphatic heterocycles. The highest BCUT2D eigenvalue weighted by Crippen LogP contribution is 2.25. The lowest BCUT2D eigenvalue weighted by atomic mass is 10.0. The highest BCUT2D eigenvalue weighted by Gasteiger charge is 2.18. The van der Waals surface area contributed by atoms with Crippen molar-refractivity contribution >= 4 is 15.9 Å². The largest absolute Gasteiger partial charge is 0.319 e. The lowest BCUT2D eigenvalue weighted by Gasteiger charge is -2.13. The van der Waals surface area contributed by atoms with Crippen LogP contribution >= 0.6 is 15.9 Å². The molecule has 0 radical (unpaired) electrons. The summed E-state index contributed by atoms with van der Waals surface area (Å²) in [6.45, 7) is 0. The van der Waals surface area contributed by atoms with E-state index >= 15 is 0 Å². The Morgan fingerprint density at radius 3 is 2.88 bits per heavy atom. The molecule has 1 atom stereocenters. The van der Waals surface area contributed by atoms with Crippen LogP contribution < -0.4 is 5.73 Å². The van der Waals surface area contributed by atoms with Crippen LogP contribution in [0, 0.1) is 5.82 Å². The van der Waals surface area contributed by atoms with Crippen LogP contribution in [0.2, 0.25) is 0 Å². The van der Waals surface area contributed by atoms with Crippen LogP contribution in [0.4, 0.5) is 4.39 Å². The van der Waals surface area contributed by atoms with Crippen LogP contribution in [-0.2, 0) is 7.05 Å². The Balaban J connectivity index is 2.46. The van der Waals surface area contributed by atoms with Crippen LogP contribution in [0.3, 0.4) is 0 Å². The first-order chi connectivity index (χ1) is 7.61. The van der Waals surface area contributed by atoms with Gasteiger partial charge in [-0.1, -0.05) is 17.3 Å². The topological polar surface area (TPSA) is 56.7 Å². The third kappa shape index (κ3) is 1.85. The summed E-state index contributed by atoms with van der Waals surface area (Å²) < 4.78 is 15.7. The predicted octanol–water partition coefficient (Wildman–Crippen LogP) is 1.76. The smallest absolute Gasteiger partial charge is 0.142 e. The fourth-order valence-corrected chi connectivity index (χ4v) is 1.88.